The molecule has 0 amide bonds. The van der Waals surface area contributed by atoms with Crippen molar-refractivity contribution in [1.82, 2.24) is 19.5 Å². The maximum absolute atomic E-state index is 14.0. The summed E-state index contributed by atoms with van der Waals surface area (Å²) in [4.78, 5) is 25.2. The third kappa shape index (κ3) is 6.08. The largest absolute Gasteiger partial charge is 0.497 e. The zero-order valence-electron chi connectivity index (χ0n) is 19.1. The number of methoxy groups -OCH3 is 1. The molecule has 8 heteroatoms. The van der Waals surface area contributed by atoms with Crippen LogP contribution in [0.3, 0.4) is 0 Å². The van der Waals surface area contributed by atoms with Crippen molar-refractivity contribution in [3.05, 3.63) is 111 Å². The van der Waals surface area contributed by atoms with Gasteiger partial charge in [0.05, 0.1) is 7.11 Å². The van der Waals surface area contributed by atoms with Crippen molar-refractivity contribution in [2.24, 2.45) is 0 Å². The van der Waals surface area contributed by atoms with Gasteiger partial charge in [-0.1, -0.05) is 36.0 Å². The van der Waals surface area contributed by atoms with Gasteiger partial charge in [0, 0.05) is 42.9 Å². The first kappa shape index (κ1) is 23.6. The van der Waals surface area contributed by atoms with E-state index < -0.39 is 0 Å². The second-order valence-corrected chi connectivity index (χ2v) is 8.88. The van der Waals surface area contributed by atoms with E-state index in [1.807, 2.05) is 41.1 Å². The monoisotopic (exact) mass is 476 g/mol. The van der Waals surface area contributed by atoms with Crippen LogP contribution in [-0.2, 0) is 25.1 Å². The van der Waals surface area contributed by atoms with E-state index in [9.17, 15) is 9.18 Å². The van der Waals surface area contributed by atoms with E-state index in [0.717, 1.165) is 28.9 Å². The Labute approximate surface area is 201 Å². The third-order valence-corrected chi connectivity index (χ3v) is 6.50. The smallest absolute Gasteiger partial charge is 0.277 e. The number of hydrogen-bond donors (Lipinski definition) is 0. The number of halogens is 1. The van der Waals surface area contributed by atoms with Gasteiger partial charge in [0.25, 0.3) is 5.56 Å². The lowest BCUT2D eigenvalue weighted by molar-refractivity contribution is 0.414. The van der Waals surface area contributed by atoms with Crippen LogP contribution in [0.4, 0.5) is 4.39 Å². The maximum atomic E-state index is 14.0. The summed E-state index contributed by atoms with van der Waals surface area (Å²) in [6.07, 6.45) is 7.89. The molecule has 2 aromatic heterocycles. The first-order valence-electron chi connectivity index (χ1n) is 10.9. The van der Waals surface area contributed by atoms with E-state index in [-0.39, 0.29) is 11.4 Å². The van der Waals surface area contributed by atoms with Gasteiger partial charge in [-0.3, -0.25) is 4.79 Å². The van der Waals surface area contributed by atoms with E-state index >= 15 is 0 Å². The highest BCUT2D eigenvalue weighted by atomic mass is 32.2. The number of thioether (sulfide) groups is 1. The lowest BCUT2D eigenvalue weighted by Gasteiger charge is -2.14. The zero-order valence-corrected chi connectivity index (χ0v) is 19.9. The number of ether oxygens (including phenoxy) is 1. The summed E-state index contributed by atoms with van der Waals surface area (Å²) in [5, 5.41) is 0.604. The summed E-state index contributed by atoms with van der Waals surface area (Å²) in [6, 6.07) is 13.1. The van der Waals surface area contributed by atoms with Gasteiger partial charge in [0.2, 0.25) is 0 Å². The van der Waals surface area contributed by atoms with E-state index in [4.69, 9.17) is 4.74 Å². The SMILES string of the molecule is COc1ccc(CCn2cc(Cc3cncnc3)c(=O)nc2SCc2ccc(C)c(F)c2)cc1. The highest BCUT2D eigenvalue weighted by molar-refractivity contribution is 7.98. The van der Waals surface area contributed by atoms with Crippen LogP contribution in [0.25, 0.3) is 0 Å². The Morgan fingerprint density at radius 1 is 1.03 bits per heavy atom. The summed E-state index contributed by atoms with van der Waals surface area (Å²) in [5.74, 6) is 1.09. The van der Waals surface area contributed by atoms with Crippen molar-refractivity contribution < 1.29 is 9.13 Å². The van der Waals surface area contributed by atoms with Gasteiger partial charge in [-0.05, 0) is 53.8 Å². The van der Waals surface area contributed by atoms with Crippen molar-refractivity contribution in [3.63, 3.8) is 0 Å². The molecule has 2 heterocycles. The molecule has 34 heavy (non-hydrogen) atoms. The standard InChI is InChI=1S/C26H25FN4O2S/c1-18-3-4-20(12-24(18)27)16-34-26-30-25(32)22(11-21-13-28-17-29-14-21)15-31(26)10-9-19-5-7-23(33-2)8-6-19/h3-8,12-15,17H,9-11,16H2,1-2H3. The van der Waals surface area contributed by atoms with Crippen LogP contribution in [0.2, 0.25) is 0 Å². The summed E-state index contributed by atoms with van der Waals surface area (Å²) < 4.78 is 21.2. The van der Waals surface area contributed by atoms with Gasteiger partial charge < -0.3 is 9.30 Å². The average molecular weight is 477 g/mol. The quantitative estimate of drug-likeness (QED) is 0.259. The van der Waals surface area contributed by atoms with E-state index in [0.29, 0.717) is 35.0 Å². The molecule has 2 aromatic carbocycles. The molecule has 0 radical (unpaired) electrons. The summed E-state index contributed by atoms with van der Waals surface area (Å²) in [5.41, 5.74) is 3.75. The molecular formula is C26H25FN4O2S. The van der Waals surface area contributed by atoms with Crippen molar-refractivity contribution in [1.29, 1.82) is 0 Å². The number of benzene rings is 2. The highest BCUT2D eigenvalue weighted by Gasteiger charge is 2.12. The maximum Gasteiger partial charge on any atom is 0.277 e. The molecule has 0 bridgehead atoms. The van der Waals surface area contributed by atoms with Crippen LogP contribution >= 0.6 is 11.8 Å². The molecule has 6 nitrogen and oxygen atoms in total. The predicted molar refractivity (Wildman–Crippen MR) is 131 cm³/mol. The summed E-state index contributed by atoms with van der Waals surface area (Å²) >= 11 is 1.43. The number of hydrogen-bond acceptors (Lipinski definition) is 6. The number of aryl methyl sites for hydroxylation is 3. The number of aromatic nitrogens is 4. The van der Waals surface area contributed by atoms with E-state index in [1.54, 1.807) is 32.5 Å². The molecular weight excluding hydrogens is 451 g/mol. The fourth-order valence-corrected chi connectivity index (χ4v) is 4.41. The minimum Gasteiger partial charge on any atom is -0.497 e. The summed E-state index contributed by atoms with van der Waals surface area (Å²) in [6.45, 7) is 2.38. The molecule has 0 aliphatic carbocycles. The van der Waals surface area contributed by atoms with Gasteiger partial charge in [0.1, 0.15) is 17.9 Å². The zero-order chi connectivity index (χ0) is 23.9. The molecule has 0 fully saturated rings. The third-order valence-electron chi connectivity index (χ3n) is 5.44. The van der Waals surface area contributed by atoms with Crippen molar-refractivity contribution in [2.75, 3.05) is 7.11 Å². The van der Waals surface area contributed by atoms with Gasteiger partial charge in [-0.2, -0.15) is 4.98 Å². The minimum atomic E-state index is -0.276. The van der Waals surface area contributed by atoms with Crippen LogP contribution in [0.1, 0.15) is 27.8 Å². The lowest BCUT2D eigenvalue weighted by atomic mass is 10.1. The molecule has 0 spiro atoms. The van der Waals surface area contributed by atoms with Crippen molar-refractivity contribution >= 4 is 11.8 Å². The average Bonchev–Trinajstić information content (AvgIpc) is 2.86. The van der Waals surface area contributed by atoms with E-state index in [2.05, 4.69) is 15.0 Å². The predicted octanol–water partition coefficient (Wildman–Crippen LogP) is 4.62. The van der Waals surface area contributed by atoms with Crippen LogP contribution in [0.15, 0.2) is 77.3 Å². The molecule has 0 saturated carbocycles. The highest BCUT2D eigenvalue weighted by Crippen LogP contribution is 2.23. The van der Waals surface area contributed by atoms with Gasteiger partial charge in [-0.15, -0.1) is 0 Å². The normalized spacial score (nSPS) is 10.9. The van der Waals surface area contributed by atoms with Gasteiger partial charge in [-0.25, -0.2) is 14.4 Å². The fraction of sp³-hybridized carbons (Fsp3) is 0.231. The molecule has 4 rings (SSSR count). The second kappa shape index (κ2) is 11.1. The first-order valence-corrected chi connectivity index (χ1v) is 11.9. The van der Waals surface area contributed by atoms with Crippen LogP contribution in [0.5, 0.6) is 5.75 Å². The van der Waals surface area contributed by atoms with Crippen LogP contribution in [-0.4, -0.2) is 26.6 Å². The Morgan fingerprint density at radius 3 is 2.47 bits per heavy atom. The molecule has 0 N–H and O–H groups in total. The topological polar surface area (TPSA) is 69.9 Å². The molecule has 0 aliphatic rings. The van der Waals surface area contributed by atoms with Crippen molar-refractivity contribution in [2.45, 2.75) is 37.2 Å². The van der Waals surface area contributed by atoms with Gasteiger partial charge in [0.15, 0.2) is 5.16 Å². The summed E-state index contributed by atoms with van der Waals surface area (Å²) in [7, 11) is 1.64. The Balaban J connectivity index is 1.58. The van der Waals surface area contributed by atoms with E-state index in [1.165, 1.54) is 24.2 Å². The van der Waals surface area contributed by atoms with Crippen LogP contribution < -0.4 is 10.3 Å². The molecule has 0 unspecified atom stereocenters. The van der Waals surface area contributed by atoms with Crippen LogP contribution in [0, 0.1) is 12.7 Å². The first-order chi connectivity index (χ1) is 16.5. The number of nitrogens with zero attached hydrogens (tertiary/aromatic N) is 4. The second-order valence-electron chi connectivity index (χ2n) is 7.94. The van der Waals surface area contributed by atoms with Gasteiger partial charge >= 0.3 is 0 Å². The Bertz CT molecular complexity index is 1310. The molecule has 4 aromatic rings. The molecule has 174 valence electrons. The Kier molecular flexibility index (Phi) is 7.69. The minimum absolute atomic E-state index is 0.233. The lowest BCUT2D eigenvalue weighted by Crippen LogP contribution is -2.20. The molecule has 0 saturated heterocycles. The molecule has 0 atom stereocenters. The molecule has 0 aliphatic heterocycles. The van der Waals surface area contributed by atoms with Crippen molar-refractivity contribution in [3.8, 4) is 5.75 Å². The fourth-order valence-electron chi connectivity index (χ4n) is 3.48. The number of rotatable bonds is 9. The Hall–Kier alpha value is -3.52. The Morgan fingerprint density at radius 2 is 1.76 bits per heavy atom.